The van der Waals surface area contributed by atoms with Crippen molar-refractivity contribution in [2.24, 2.45) is 20.7 Å². The van der Waals surface area contributed by atoms with E-state index in [0.717, 1.165) is 0 Å². The van der Waals surface area contributed by atoms with E-state index in [0.29, 0.717) is 23.1 Å². The Balaban J connectivity index is 1.41. The summed E-state index contributed by atoms with van der Waals surface area (Å²) in [4.78, 5) is 67.3. The van der Waals surface area contributed by atoms with Gasteiger partial charge in [-0.3, -0.25) is 19.4 Å². The molecule has 3 aromatic rings. The molecule has 0 aromatic heterocycles. The second-order valence-corrected chi connectivity index (χ2v) is 14.6. The number of amides is 1. The van der Waals surface area contributed by atoms with Gasteiger partial charge in [-0.2, -0.15) is 9.98 Å². The SMILES string of the molecule is NC1=NC(=O)C2=NCN(c3ccccc3C3C=COCC4OC(Oc5c3cc3c(c5OCC(O)CC=O)C(=O)c5cc(CO)ccc5C3=O)C(O)(CCO)C(O)C4O)C2=N1. The van der Waals surface area contributed by atoms with Gasteiger partial charge in [-0.15, -0.1) is 0 Å². The average Bonchev–Trinajstić information content (AvgIpc) is 3.65. The Morgan fingerprint density at radius 2 is 1.82 bits per heavy atom. The first-order chi connectivity index (χ1) is 28.9. The van der Waals surface area contributed by atoms with Crippen LogP contribution in [0.4, 0.5) is 5.69 Å². The van der Waals surface area contributed by atoms with E-state index in [1.54, 1.807) is 35.2 Å². The maximum absolute atomic E-state index is 14.6. The highest BCUT2D eigenvalue weighted by atomic mass is 16.7. The lowest BCUT2D eigenvalue weighted by atomic mass is 9.79. The van der Waals surface area contributed by atoms with Crippen molar-refractivity contribution in [1.29, 1.82) is 0 Å². The number of hydrogen-bond donors (Lipinski definition) is 7. The van der Waals surface area contributed by atoms with Crippen LogP contribution in [-0.2, 0) is 25.7 Å². The summed E-state index contributed by atoms with van der Waals surface area (Å²) >= 11 is 0. The summed E-state index contributed by atoms with van der Waals surface area (Å²) in [5.41, 5.74) is 4.06. The first-order valence-corrected chi connectivity index (χ1v) is 18.9. The number of hydrogen-bond acceptors (Lipinski definition) is 18. The summed E-state index contributed by atoms with van der Waals surface area (Å²) in [7, 11) is 0. The van der Waals surface area contributed by atoms with Gasteiger partial charge in [0.05, 0.1) is 24.5 Å². The fourth-order valence-corrected chi connectivity index (χ4v) is 7.90. The number of allylic oxidation sites excluding steroid dienone is 1. The number of fused-ring (bicyclic) bond motifs is 6. The molecular formula is C41H39N5O14. The van der Waals surface area contributed by atoms with Crippen molar-refractivity contribution < 1.29 is 68.8 Å². The Bertz CT molecular complexity index is 2410. The smallest absolute Gasteiger partial charge is 0.302 e. The van der Waals surface area contributed by atoms with Gasteiger partial charge in [-0.05, 0) is 41.5 Å². The number of aliphatic hydroxyl groups excluding tert-OH is 5. The van der Waals surface area contributed by atoms with Crippen LogP contribution in [0, 0.1) is 0 Å². The van der Waals surface area contributed by atoms with Crippen LogP contribution in [0.5, 0.6) is 11.5 Å². The van der Waals surface area contributed by atoms with Crippen molar-refractivity contribution in [1.82, 2.24) is 0 Å². The van der Waals surface area contributed by atoms with Crippen molar-refractivity contribution >= 4 is 47.0 Å². The fourth-order valence-electron chi connectivity index (χ4n) is 7.90. The number of benzene rings is 3. The molecule has 8 N–H and O–H groups in total. The quantitative estimate of drug-likeness (QED) is 0.0980. The Morgan fingerprint density at radius 3 is 2.58 bits per heavy atom. The van der Waals surface area contributed by atoms with E-state index in [1.165, 1.54) is 30.5 Å². The standard InChI is InChI=1S/C41H39N5O14/c42-40-44-37-30(38(55)45-40)43-18-46(37)27-4-2-1-3-22(27)21-8-12-57-17-28-33(53)36(54)41(56,9-11-48)39(59-28)60-34-25(21)14-26-29(35(34)58-16-20(50)7-10-47)32(52)24-13-19(15-49)5-6-23(24)31(26)51/h1-6,8,10,12-14,20-21,28,33,36,39,48-50,53-54,56H,7,9,11,15-18H2,(H2,42,45,55). The number of amidine groups is 1. The third-order valence-electron chi connectivity index (χ3n) is 10.9. The lowest BCUT2D eigenvalue weighted by Crippen LogP contribution is -2.68. The number of aliphatic imine (C=N–C) groups is 3. The number of guanidine groups is 1. The number of aliphatic hydroxyl groups is 6. The van der Waals surface area contributed by atoms with Crippen LogP contribution in [0.1, 0.15) is 67.3 Å². The molecule has 1 aliphatic carbocycles. The average molecular weight is 826 g/mol. The second kappa shape index (κ2) is 16.1. The van der Waals surface area contributed by atoms with Crippen molar-refractivity contribution in [3.05, 3.63) is 99.8 Å². The molecule has 0 spiro atoms. The van der Waals surface area contributed by atoms with Gasteiger partial charge in [-0.1, -0.05) is 24.3 Å². The van der Waals surface area contributed by atoms with Gasteiger partial charge in [-0.25, -0.2) is 0 Å². The molecule has 8 rings (SSSR count). The van der Waals surface area contributed by atoms with Gasteiger partial charge in [0.1, 0.15) is 44.5 Å². The fraction of sp³-hybridized carbons (Fsp3) is 0.341. The normalized spacial score (nSPS) is 26.2. The molecule has 1 fully saturated rings. The number of anilines is 1. The van der Waals surface area contributed by atoms with Crippen LogP contribution in [0.25, 0.3) is 0 Å². The minimum absolute atomic E-state index is 0.0128. The van der Waals surface area contributed by atoms with Crippen molar-refractivity contribution in [3.63, 3.8) is 0 Å². The number of ether oxygens (including phenoxy) is 4. The molecule has 19 heteroatoms. The lowest BCUT2D eigenvalue weighted by Gasteiger charge is -2.47. The van der Waals surface area contributed by atoms with Crippen molar-refractivity contribution in [2.75, 3.05) is 31.4 Å². The van der Waals surface area contributed by atoms with Crippen LogP contribution in [0.3, 0.4) is 0 Å². The highest BCUT2D eigenvalue weighted by Crippen LogP contribution is 2.50. The highest BCUT2D eigenvalue weighted by molar-refractivity contribution is 6.72. The number of carbonyl (C=O) groups excluding carboxylic acids is 4. The first kappa shape index (κ1) is 40.6. The molecule has 1 saturated heterocycles. The largest absolute Gasteiger partial charge is 0.499 e. The number of rotatable bonds is 10. The molecule has 60 heavy (non-hydrogen) atoms. The minimum Gasteiger partial charge on any atom is -0.499 e. The molecular weight excluding hydrogens is 786 g/mol. The van der Waals surface area contributed by atoms with Crippen LogP contribution in [0.15, 0.2) is 75.8 Å². The maximum atomic E-state index is 14.6. The molecule has 2 bridgehead atoms. The van der Waals surface area contributed by atoms with Crippen LogP contribution >= 0.6 is 0 Å². The van der Waals surface area contributed by atoms with Gasteiger partial charge < -0.3 is 65.0 Å². The van der Waals surface area contributed by atoms with E-state index in [4.69, 9.17) is 24.7 Å². The molecule has 312 valence electrons. The lowest BCUT2D eigenvalue weighted by molar-refractivity contribution is -0.323. The van der Waals surface area contributed by atoms with Crippen LogP contribution < -0.4 is 20.1 Å². The van der Waals surface area contributed by atoms with E-state index in [1.807, 2.05) is 0 Å². The molecule has 3 aromatic carbocycles. The van der Waals surface area contributed by atoms with E-state index < -0.39 is 91.7 Å². The van der Waals surface area contributed by atoms with Crippen molar-refractivity contribution in [3.8, 4) is 11.5 Å². The Kier molecular flexibility index (Phi) is 10.9. The van der Waals surface area contributed by atoms with E-state index in [2.05, 4.69) is 15.0 Å². The number of aldehydes is 1. The monoisotopic (exact) mass is 825 g/mol. The zero-order chi connectivity index (χ0) is 42.5. The molecule has 19 nitrogen and oxygen atoms in total. The molecule has 4 heterocycles. The van der Waals surface area contributed by atoms with Crippen molar-refractivity contribution in [2.45, 2.75) is 61.7 Å². The molecule has 0 radical (unpaired) electrons. The number of para-hydroxylation sites is 1. The first-order valence-electron chi connectivity index (χ1n) is 18.9. The minimum atomic E-state index is -2.51. The third kappa shape index (κ3) is 6.84. The van der Waals surface area contributed by atoms with Gasteiger partial charge in [0, 0.05) is 53.3 Å². The number of nitrogens with two attached hydrogens (primary N) is 1. The van der Waals surface area contributed by atoms with E-state index in [-0.39, 0.29) is 70.8 Å². The second-order valence-electron chi connectivity index (χ2n) is 14.6. The van der Waals surface area contributed by atoms with E-state index >= 15 is 0 Å². The number of ketones is 2. The molecule has 4 aliphatic heterocycles. The summed E-state index contributed by atoms with van der Waals surface area (Å²) in [6, 6.07) is 12.5. The maximum Gasteiger partial charge on any atom is 0.302 e. The topological polar surface area (TPSA) is 293 Å². The third-order valence-corrected chi connectivity index (χ3v) is 10.9. The van der Waals surface area contributed by atoms with Crippen LogP contribution in [0.2, 0.25) is 0 Å². The zero-order valence-electron chi connectivity index (χ0n) is 31.6. The Labute approximate surface area is 340 Å². The molecule has 7 atom stereocenters. The summed E-state index contributed by atoms with van der Waals surface area (Å²) in [6.07, 6.45) is -6.06. The van der Waals surface area contributed by atoms with Gasteiger partial charge in [0.25, 0.3) is 0 Å². The van der Waals surface area contributed by atoms with Gasteiger partial charge in [0.2, 0.25) is 12.2 Å². The number of carbonyl (C=O) groups is 4. The summed E-state index contributed by atoms with van der Waals surface area (Å²) in [6.45, 7) is -2.24. The summed E-state index contributed by atoms with van der Waals surface area (Å²) in [5, 5.41) is 65.2. The predicted octanol–water partition coefficient (Wildman–Crippen LogP) is -0.630. The van der Waals surface area contributed by atoms with Gasteiger partial charge in [0.15, 0.2) is 40.2 Å². The highest BCUT2D eigenvalue weighted by Gasteiger charge is 2.57. The van der Waals surface area contributed by atoms with E-state index in [9.17, 15) is 49.8 Å². The zero-order valence-corrected chi connectivity index (χ0v) is 31.6. The Hall–Kier alpha value is -6.19. The molecule has 0 saturated carbocycles. The Morgan fingerprint density at radius 1 is 1.02 bits per heavy atom. The van der Waals surface area contributed by atoms with Crippen LogP contribution in [-0.4, -0.2) is 135 Å². The molecule has 1 amide bonds. The summed E-state index contributed by atoms with van der Waals surface area (Å²) < 4.78 is 24.7. The predicted molar refractivity (Wildman–Crippen MR) is 208 cm³/mol. The summed E-state index contributed by atoms with van der Waals surface area (Å²) in [5.74, 6) is -4.05. The number of nitrogens with zero attached hydrogens (tertiary/aromatic N) is 4. The molecule has 5 aliphatic rings. The van der Waals surface area contributed by atoms with Gasteiger partial charge >= 0.3 is 5.91 Å². The molecule has 7 unspecified atom stereocenters.